The van der Waals surface area contributed by atoms with Gasteiger partial charge in [0.25, 0.3) is 0 Å². The van der Waals surface area contributed by atoms with Crippen LogP contribution in [0.4, 0.5) is 11.6 Å². The number of hydrogen-bond acceptors (Lipinski definition) is 8. The molecule has 0 saturated heterocycles. The van der Waals surface area contributed by atoms with E-state index in [1.165, 1.54) is 12.7 Å². The van der Waals surface area contributed by atoms with E-state index in [1.54, 1.807) is 12.7 Å². The minimum atomic E-state index is 0.373. The summed E-state index contributed by atoms with van der Waals surface area (Å²) in [6, 6.07) is 0. The van der Waals surface area contributed by atoms with Gasteiger partial charge in [0.05, 0.1) is 12.7 Å². The molecular weight excluding hydrogens is 284 g/mol. The zero-order valence-electron chi connectivity index (χ0n) is 11.5. The van der Waals surface area contributed by atoms with Crippen molar-refractivity contribution in [1.82, 2.24) is 39.0 Å². The van der Waals surface area contributed by atoms with Crippen molar-refractivity contribution in [3.05, 3.63) is 25.3 Å². The Hall–Kier alpha value is -3.30. The maximum absolute atomic E-state index is 5.78. The fourth-order valence-electron chi connectivity index (χ4n) is 2.34. The van der Waals surface area contributed by atoms with E-state index in [0.29, 0.717) is 47.1 Å². The topological polar surface area (TPSA) is 139 Å². The van der Waals surface area contributed by atoms with Crippen LogP contribution >= 0.6 is 0 Å². The second kappa shape index (κ2) is 4.62. The molecular formula is C12H12N10. The first kappa shape index (κ1) is 12.4. The first-order chi connectivity index (χ1) is 10.7. The van der Waals surface area contributed by atoms with Gasteiger partial charge in [0.2, 0.25) is 0 Å². The van der Waals surface area contributed by atoms with Crippen LogP contribution in [0.5, 0.6) is 0 Å². The molecule has 0 spiro atoms. The molecule has 4 N–H and O–H groups in total. The van der Waals surface area contributed by atoms with Crippen molar-refractivity contribution >= 4 is 34.0 Å². The van der Waals surface area contributed by atoms with E-state index in [1.807, 2.05) is 9.13 Å². The van der Waals surface area contributed by atoms with Gasteiger partial charge in [-0.25, -0.2) is 29.9 Å². The molecule has 4 aromatic heterocycles. The molecule has 0 aliphatic rings. The van der Waals surface area contributed by atoms with Gasteiger partial charge < -0.3 is 20.6 Å². The average Bonchev–Trinajstić information content (AvgIpc) is 3.11. The lowest BCUT2D eigenvalue weighted by molar-refractivity contribution is 0.594. The number of aromatic nitrogens is 8. The largest absolute Gasteiger partial charge is 0.382 e. The van der Waals surface area contributed by atoms with E-state index >= 15 is 0 Å². The van der Waals surface area contributed by atoms with Gasteiger partial charge in [-0.1, -0.05) is 0 Å². The number of rotatable bonds is 3. The molecule has 10 nitrogen and oxygen atoms in total. The molecule has 4 heterocycles. The number of nitrogens with two attached hydrogens (primary N) is 2. The fourth-order valence-corrected chi connectivity index (χ4v) is 2.34. The van der Waals surface area contributed by atoms with Crippen molar-refractivity contribution in [3.63, 3.8) is 0 Å². The zero-order chi connectivity index (χ0) is 15.1. The highest BCUT2D eigenvalue weighted by Gasteiger charge is 2.10. The van der Waals surface area contributed by atoms with Crippen LogP contribution in [0.3, 0.4) is 0 Å². The number of nitrogen functional groups attached to an aromatic ring is 2. The molecule has 0 unspecified atom stereocenters. The Morgan fingerprint density at radius 1 is 0.682 bits per heavy atom. The number of anilines is 2. The summed E-state index contributed by atoms with van der Waals surface area (Å²) >= 11 is 0. The molecule has 22 heavy (non-hydrogen) atoms. The molecule has 0 radical (unpaired) electrons. The number of imidazole rings is 2. The minimum Gasteiger partial charge on any atom is -0.382 e. The summed E-state index contributed by atoms with van der Waals surface area (Å²) in [5, 5.41) is 0. The maximum Gasteiger partial charge on any atom is 0.165 e. The Morgan fingerprint density at radius 2 is 1.14 bits per heavy atom. The highest BCUT2D eigenvalue weighted by molar-refractivity contribution is 5.81. The molecule has 0 atom stereocenters. The quantitative estimate of drug-likeness (QED) is 0.531. The molecule has 0 saturated carbocycles. The van der Waals surface area contributed by atoms with Crippen molar-refractivity contribution in [3.8, 4) is 0 Å². The van der Waals surface area contributed by atoms with Gasteiger partial charge >= 0.3 is 0 Å². The van der Waals surface area contributed by atoms with Crippen LogP contribution in [-0.2, 0) is 13.1 Å². The highest BCUT2D eigenvalue weighted by atomic mass is 15.2. The summed E-state index contributed by atoms with van der Waals surface area (Å²) in [6.07, 6.45) is 6.24. The Labute approximate surface area is 123 Å². The predicted molar refractivity (Wildman–Crippen MR) is 79.5 cm³/mol. The molecule has 0 aliphatic heterocycles. The van der Waals surface area contributed by atoms with E-state index < -0.39 is 0 Å². The summed E-state index contributed by atoms with van der Waals surface area (Å²) in [5.41, 5.74) is 14.2. The third-order valence-electron chi connectivity index (χ3n) is 3.44. The average molecular weight is 296 g/mol. The van der Waals surface area contributed by atoms with Crippen molar-refractivity contribution in [1.29, 1.82) is 0 Å². The van der Waals surface area contributed by atoms with Crippen LogP contribution in [0.2, 0.25) is 0 Å². The van der Waals surface area contributed by atoms with E-state index in [2.05, 4.69) is 29.9 Å². The van der Waals surface area contributed by atoms with Gasteiger partial charge in [0.15, 0.2) is 22.9 Å². The van der Waals surface area contributed by atoms with E-state index in [4.69, 9.17) is 11.5 Å². The predicted octanol–water partition coefficient (Wildman–Crippen LogP) is -0.169. The van der Waals surface area contributed by atoms with E-state index in [9.17, 15) is 0 Å². The van der Waals surface area contributed by atoms with Gasteiger partial charge in [0.1, 0.15) is 23.7 Å². The second-order valence-electron chi connectivity index (χ2n) is 4.74. The molecule has 10 heteroatoms. The SMILES string of the molecule is Nc1ncnc2c1ncn2CCn1cnc2c(N)ncnc21. The Bertz CT molecular complexity index is 889. The summed E-state index contributed by atoms with van der Waals surface area (Å²) < 4.78 is 3.81. The number of nitrogens with zero attached hydrogens (tertiary/aromatic N) is 8. The van der Waals surface area contributed by atoms with Gasteiger partial charge in [-0.3, -0.25) is 0 Å². The molecule has 4 rings (SSSR count). The standard InChI is InChI=1S/C12H12N10/c13-9-7-11(17-3-15-9)21(5-19-7)1-2-22-6-20-8-10(14)16-4-18-12(8)22/h3-6H,1-2H2,(H2,13,15,17)(H2,14,16,18). The van der Waals surface area contributed by atoms with Crippen LogP contribution < -0.4 is 11.5 Å². The zero-order valence-corrected chi connectivity index (χ0v) is 11.5. The number of fused-ring (bicyclic) bond motifs is 2. The molecule has 0 aromatic carbocycles. The number of aryl methyl sites for hydroxylation is 2. The third kappa shape index (κ3) is 1.81. The third-order valence-corrected chi connectivity index (χ3v) is 3.44. The maximum atomic E-state index is 5.78. The van der Waals surface area contributed by atoms with Gasteiger partial charge in [-0.2, -0.15) is 0 Å². The molecule has 110 valence electrons. The van der Waals surface area contributed by atoms with Gasteiger partial charge in [-0.05, 0) is 0 Å². The van der Waals surface area contributed by atoms with Crippen LogP contribution in [-0.4, -0.2) is 39.0 Å². The van der Waals surface area contributed by atoms with Crippen molar-refractivity contribution in [2.24, 2.45) is 0 Å². The summed E-state index contributed by atoms with van der Waals surface area (Å²) in [7, 11) is 0. The van der Waals surface area contributed by atoms with Crippen molar-refractivity contribution in [2.75, 3.05) is 11.5 Å². The lowest BCUT2D eigenvalue weighted by Gasteiger charge is -2.05. The lowest BCUT2D eigenvalue weighted by atomic mass is 10.4. The molecule has 0 amide bonds. The van der Waals surface area contributed by atoms with Gasteiger partial charge in [0, 0.05) is 13.1 Å². The van der Waals surface area contributed by atoms with Crippen molar-refractivity contribution in [2.45, 2.75) is 13.1 Å². The summed E-state index contributed by atoms with van der Waals surface area (Å²) in [6.45, 7) is 1.28. The second-order valence-corrected chi connectivity index (χ2v) is 4.74. The van der Waals surface area contributed by atoms with Crippen LogP contribution in [0, 0.1) is 0 Å². The molecule has 4 aromatic rings. The normalized spacial score (nSPS) is 11.5. The first-order valence-electron chi connectivity index (χ1n) is 6.56. The molecule has 0 aliphatic carbocycles. The summed E-state index contributed by atoms with van der Waals surface area (Å²) in [4.78, 5) is 24.8. The Balaban J connectivity index is 1.66. The van der Waals surface area contributed by atoms with Crippen LogP contribution in [0.25, 0.3) is 22.3 Å². The van der Waals surface area contributed by atoms with Crippen LogP contribution in [0.15, 0.2) is 25.3 Å². The van der Waals surface area contributed by atoms with Crippen molar-refractivity contribution < 1.29 is 0 Å². The smallest absolute Gasteiger partial charge is 0.165 e. The first-order valence-corrected chi connectivity index (χ1v) is 6.56. The fraction of sp³-hybridized carbons (Fsp3) is 0.167. The minimum absolute atomic E-state index is 0.373. The monoisotopic (exact) mass is 296 g/mol. The van der Waals surface area contributed by atoms with E-state index in [0.717, 1.165) is 0 Å². The Morgan fingerprint density at radius 3 is 1.59 bits per heavy atom. The summed E-state index contributed by atoms with van der Waals surface area (Å²) in [5.74, 6) is 0.745. The van der Waals surface area contributed by atoms with Crippen LogP contribution in [0.1, 0.15) is 0 Å². The Kier molecular flexibility index (Phi) is 2.61. The molecule has 0 bridgehead atoms. The molecule has 0 fully saturated rings. The van der Waals surface area contributed by atoms with Gasteiger partial charge in [-0.15, -0.1) is 0 Å². The van der Waals surface area contributed by atoms with E-state index in [-0.39, 0.29) is 0 Å². The number of hydrogen-bond donors (Lipinski definition) is 2. The lowest BCUT2D eigenvalue weighted by Crippen LogP contribution is -2.07. The highest BCUT2D eigenvalue weighted by Crippen LogP contribution is 2.16.